The van der Waals surface area contributed by atoms with Crippen LogP contribution in [-0.4, -0.2) is 18.4 Å². The Morgan fingerprint density at radius 1 is 1.08 bits per heavy atom. The van der Waals surface area contributed by atoms with Crippen molar-refractivity contribution in [2.24, 2.45) is 5.73 Å². The maximum Gasteiger partial charge on any atom is 0.248 e. The van der Waals surface area contributed by atoms with Crippen molar-refractivity contribution >= 4 is 23.6 Å². The van der Waals surface area contributed by atoms with Crippen LogP contribution in [0.2, 0.25) is 0 Å². The van der Waals surface area contributed by atoms with Gasteiger partial charge in [0, 0.05) is 17.3 Å². The van der Waals surface area contributed by atoms with Crippen molar-refractivity contribution in [2.45, 2.75) is 0 Å². The topological polar surface area (TPSA) is 81.4 Å². The number of amides is 2. The first-order chi connectivity index (χ1) is 11.6. The summed E-state index contributed by atoms with van der Waals surface area (Å²) in [5, 5.41) is 2.70. The van der Waals surface area contributed by atoms with E-state index in [1.807, 2.05) is 24.3 Å². The number of ether oxygens (including phenoxy) is 1. The Balaban J connectivity index is 1.92. The van der Waals surface area contributed by atoms with E-state index in [4.69, 9.17) is 10.5 Å². The lowest BCUT2D eigenvalue weighted by molar-refractivity contribution is -0.111. The molecule has 0 radical (unpaired) electrons. The van der Waals surface area contributed by atoms with E-state index >= 15 is 0 Å². The van der Waals surface area contributed by atoms with Gasteiger partial charge in [-0.25, -0.2) is 0 Å². The molecular formula is C19H18N2O3. The number of rotatable bonds is 7. The molecular weight excluding hydrogens is 304 g/mol. The fraction of sp³-hybridized carbons (Fsp3) is 0.0526. The minimum absolute atomic E-state index is 0.270. The molecule has 0 aliphatic heterocycles. The highest BCUT2D eigenvalue weighted by atomic mass is 16.5. The monoisotopic (exact) mass is 322 g/mol. The number of hydrogen-bond acceptors (Lipinski definition) is 3. The van der Waals surface area contributed by atoms with Crippen LogP contribution in [0, 0.1) is 0 Å². The first-order valence-corrected chi connectivity index (χ1v) is 7.31. The van der Waals surface area contributed by atoms with E-state index in [9.17, 15) is 9.59 Å². The van der Waals surface area contributed by atoms with Gasteiger partial charge in [-0.2, -0.15) is 0 Å². The summed E-state index contributed by atoms with van der Waals surface area (Å²) >= 11 is 0. The zero-order valence-corrected chi connectivity index (χ0v) is 13.1. The van der Waals surface area contributed by atoms with Gasteiger partial charge in [0.2, 0.25) is 11.8 Å². The van der Waals surface area contributed by atoms with Gasteiger partial charge in [-0.3, -0.25) is 9.59 Å². The molecule has 2 amide bonds. The van der Waals surface area contributed by atoms with E-state index in [0.717, 1.165) is 11.3 Å². The first kappa shape index (κ1) is 17.0. The summed E-state index contributed by atoms with van der Waals surface area (Å²) in [7, 11) is 0. The largest absolute Gasteiger partial charge is 0.490 e. The highest BCUT2D eigenvalue weighted by Gasteiger charge is 2.01. The number of benzene rings is 2. The van der Waals surface area contributed by atoms with Gasteiger partial charge in [0.1, 0.15) is 12.4 Å². The molecule has 0 atom stereocenters. The molecule has 2 aromatic rings. The van der Waals surface area contributed by atoms with Crippen LogP contribution in [0.1, 0.15) is 15.9 Å². The molecule has 5 nitrogen and oxygen atoms in total. The van der Waals surface area contributed by atoms with Gasteiger partial charge < -0.3 is 15.8 Å². The lowest BCUT2D eigenvalue weighted by atomic mass is 10.2. The SMILES string of the molecule is C=CCOc1ccc(C=CC(=O)Nc2ccc(C(N)=O)cc2)cc1. The Bertz CT molecular complexity index is 747. The summed E-state index contributed by atoms with van der Waals surface area (Å²) in [6.07, 6.45) is 4.81. The molecule has 0 saturated heterocycles. The number of nitrogens with one attached hydrogen (secondary N) is 1. The predicted octanol–water partition coefficient (Wildman–Crippen LogP) is 3.00. The molecule has 5 heteroatoms. The average Bonchev–Trinajstić information content (AvgIpc) is 2.59. The summed E-state index contributed by atoms with van der Waals surface area (Å²) in [4.78, 5) is 22.9. The molecule has 0 spiro atoms. The first-order valence-electron chi connectivity index (χ1n) is 7.31. The summed E-state index contributed by atoms with van der Waals surface area (Å²) in [5.41, 5.74) is 7.02. The van der Waals surface area contributed by atoms with Gasteiger partial charge >= 0.3 is 0 Å². The number of carbonyl (C=O) groups is 2. The Labute approximate surface area is 140 Å². The van der Waals surface area contributed by atoms with Crippen molar-refractivity contribution in [1.82, 2.24) is 0 Å². The number of carbonyl (C=O) groups excluding carboxylic acids is 2. The van der Waals surface area contributed by atoms with Crippen LogP contribution in [0.5, 0.6) is 5.75 Å². The molecule has 2 aromatic carbocycles. The summed E-state index contributed by atoms with van der Waals surface area (Å²) in [6.45, 7) is 4.04. The fourth-order valence-electron chi connectivity index (χ4n) is 1.90. The number of anilines is 1. The Morgan fingerprint density at radius 2 is 1.75 bits per heavy atom. The van der Waals surface area contributed by atoms with Crippen molar-refractivity contribution < 1.29 is 14.3 Å². The van der Waals surface area contributed by atoms with Gasteiger partial charge in [0.25, 0.3) is 0 Å². The predicted molar refractivity (Wildman–Crippen MR) is 94.8 cm³/mol. The van der Waals surface area contributed by atoms with Crippen LogP contribution < -0.4 is 15.8 Å². The van der Waals surface area contributed by atoms with Crippen LogP contribution in [0.15, 0.2) is 67.3 Å². The number of primary amides is 1. The van der Waals surface area contributed by atoms with Crippen LogP contribution in [0.3, 0.4) is 0 Å². The van der Waals surface area contributed by atoms with Crippen molar-refractivity contribution in [2.75, 3.05) is 11.9 Å². The Kier molecular flexibility index (Phi) is 5.91. The maximum atomic E-state index is 11.9. The molecule has 24 heavy (non-hydrogen) atoms. The van der Waals surface area contributed by atoms with E-state index in [2.05, 4.69) is 11.9 Å². The number of nitrogens with two attached hydrogens (primary N) is 1. The van der Waals surface area contributed by atoms with Crippen molar-refractivity contribution in [3.63, 3.8) is 0 Å². The quantitative estimate of drug-likeness (QED) is 0.607. The van der Waals surface area contributed by atoms with E-state index in [1.54, 1.807) is 36.4 Å². The maximum absolute atomic E-state index is 11.9. The second-order valence-electron chi connectivity index (χ2n) is 4.93. The number of hydrogen-bond donors (Lipinski definition) is 2. The van der Waals surface area contributed by atoms with E-state index in [1.165, 1.54) is 6.08 Å². The molecule has 0 heterocycles. The third-order valence-electron chi connectivity index (χ3n) is 3.11. The second-order valence-corrected chi connectivity index (χ2v) is 4.93. The van der Waals surface area contributed by atoms with Gasteiger partial charge in [-0.1, -0.05) is 24.8 Å². The zero-order chi connectivity index (χ0) is 17.4. The van der Waals surface area contributed by atoms with Gasteiger partial charge in [0.05, 0.1) is 0 Å². The van der Waals surface area contributed by atoms with Crippen LogP contribution >= 0.6 is 0 Å². The summed E-state index contributed by atoms with van der Waals surface area (Å²) in [5.74, 6) is -0.0341. The average molecular weight is 322 g/mol. The van der Waals surface area contributed by atoms with Crippen LogP contribution in [0.4, 0.5) is 5.69 Å². The highest BCUT2D eigenvalue weighted by Crippen LogP contribution is 2.13. The van der Waals surface area contributed by atoms with Crippen molar-refractivity contribution in [1.29, 1.82) is 0 Å². The molecule has 0 bridgehead atoms. The zero-order valence-electron chi connectivity index (χ0n) is 13.1. The smallest absolute Gasteiger partial charge is 0.248 e. The molecule has 0 fully saturated rings. The Hall–Kier alpha value is -3.34. The minimum Gasteiger partial charge on any atom is -0.490 e. The molecule has 0 aromatic heterocycles. The molecule has 3 N–H and O–H groups in total. The fourth-order valence-corrected chi connectivity index (χ4v) is 1.90. The molecule has 122 valence electrons. The molecule has 0 aliphatic carbocycles. The van der Waals surface area contributed by atoms with Crippen molar-refractivity contribution in [3.05, 3.63) is 78.4 Å². The van der Waals surface area contributed by atoms with Gasteiger partial charge in [-0.15, -0.1) is 0 Å². The molecule has 0 saturated carbocycles. The normalized spacial score (nSPS) is 10.3. The highest BCUT2D eigenvalue weighted by molar-refractivity contribution is 6.02. The van der Waals surface area contributed by atoms with Crippen LogP contribution in [0.25, 0.3) is 6.08 Å². The second kappa shape index (κ2) is 8.33. The third-order valence-corrected chi connectivity index (χ3v) is 3.11. The van der Waals surface area contributed by atoms with E-state index in [0.29, 0.717) is 17.9 Å². The lowest BCUT2D eigenvalue weighted by Crippen LogP contribution is -2.11. The summed E-state index contributed by atoms with van der Waals surface area (Å²) in [6, 6.07) is 13.7. The molecule has 0 unspecified atom stereocenters. The minimum atomic E-state index is -0.506. The summed E-state index contributed by atoms with van der Waals surface area (Å²) < 4.78 is 5.39. The van der Waals surface area contributed by atoms with E-state index < -0.39 is 5.91 Å². The Morgan fingerprint density at radius 3 is 2.33 bits per heavy atom. The van der Waals surface area contributed by atoms with Gasteiger partial charge in [0.15, 0.2) is 0 Å². The van der Waals surface area contributed by atoms with Crippen LogP contribution in [-0.2, 0) is 4.79 Å². The molecule has 2 rings (SSSR count). The van der Waals surface area contributed by atoms with Crippen molar-refractivity contribution in [3.8, 4) is 5.75 Å². The molecule has 0 aliphatic rings. The standard InChI is InChI=1S/C19H18N2O3/c1-2-13-24-17-10-3-14(4-11-17)5-12-18(22)21-16-8-6-15(7-9-16)19(20)23/h2-12H,1,13H2,(H2,20,23)(H,21,22). The third kappa shape index (κ3) is 5.14. The van der Waals surface area contributed by atoms with E-state index in [-0.39, 0.29) is 5.91 Å². The van der Waals surface area contributed by atoms with Gasteiger partial charge in [-0.05, 0) is 48.0 Å². The lowest BCUT2D eigenvalue weighted by Gasteiger charge is -2.04.